The topological polar surface area (TPSA) is 98.0 Å². The number of allylic oxidation sites excluding steroid dienone is 3. The van der Waals surface area contributed by atoms with Crippen LogP contribution in [0.2, 0.25) is 0 Å². The summed E-state index contributed by atoms with van der Waals surface area (Å²) >= 11 is 0. The lowest BCUT2D eigenvalue weighted by atomic mass is 9.55. The highest BCUT2D eigenvalue weighted by molar-refractivity contribution is 6.01. The molecule has 0 aromatic heterocycles. The van der Waals surface area contributed by atoms with E-state index < -0.39 is 28.6 Å². The molecule has 4 N–H and O–H groups in total. The normalized spacial score (nSPS) is 40.8. The molecule has 2 fully saturated rings. The van der Waals surface area contributed by atoms with Crippen molar-refractivity contribution in [2.45, 2.75) is 111 Å². The highest BCUT2D eigenvalue weighted by atomic mass is 16.3. The van der Waals surface area contributed by atoms with E-state index in [0.717, 1.165) is 19.3 Å². The Morgan fingerprint density at radius 1 is 1.24 bits per heavy atom. The molecule has 5 nitrogen and oxygen atoms in total. The lowest BCUT2D eigenvalue weighted by molar-refractivity contribution is -0.138. The first kappa shape index (κ1) is 27.6. The zero-order chi connectivity index (χ0) is 25.5. The van der Waals surface area contributed by atoms with Gasteiger partial charge in [-0.2, -0.15) is 0 Å². The molecule has 0 amide bonds. The lowest BCUT2D eigenvalue weighted by Crippen LogP contribution is -2.52. The van der Waals surface area contributed by atoms with Crippen LogP contribution in [0.5, 0.6) is 0 Å². The molecule has 0 bridgehead atoms. The fourth-order valence-corrected chi connectivity index (χ4v) is 7.80. The highest BCUT2D eigenvalue weighted by Gasteiger charge is 2.58. The van der Waals surface area contributed by atoms with Crippen molar-refractivity contribution in [2.24, 2.45) is 34.5 Å². The van der Waals surface area contributed by atoms with E-state index in [0.29, 0.717) is 43.6 Å². The molecule has 0 spiro atoms. The molecule has 5 heteroatoms. The van der Waals surface area contributed by atoms with Gasteiger partial charge in [-0.15, -0.1) is 0 Å². The Balaban J connectivity index is 1.91. The molecule has 0 radical (unpaired) electrons. The zero-order valence-corrected chi connectivity index (χ0v) is 22.2. The van der Waals surface area contributed by atoms with Crippen molar-refractivity contribution in [3.05, 3.63) is 23.3 Å². The van der Waals surface area contributed by atoms with Gasteiger partial charge in [0.1, 0.15) is 0 Å². The van der Waals surface area contributed by atoms with Crippen LogP contribution < -0.4 is 0 Å². The molecule has 0 aromatic rings. The number of aliphatic hydroxyl groups is 4. The van der Waals surface area contributed by atoms with Gasteiger partial charge >= 0.3 is 0 Å². The smallest absolute Gasteiger partial charge is 0.165 e. The fraction of sp³-hybridized carbons (Fsp3) is 0.828. The third-order valence-corrected chi connectivity index (χ3v) is 10.0. The number of aliphatic hydroxyl groups excluding tert-OH is 3. The standard InChI is InChI=1S/C29H48O5/c1-7-19(18(2)3)10-13-29(6,34)25-9-8-22(27(25,4)14-15-30)21-17-24(32)23-16-20(31)11-12-28(23,5)26(21)33/h7,17-18,20,22-25,30-32,34H,8-16H2,1-6H3. The van der Waals surface area contributed by atoms with Gasteiger partial charge in [-0.25, -0.2) is 0 Å². The Kier molecular flexibility index (Phi) is 8.24. The maximum absolute atomic E-state index is 13.9. The van der Waals surface area contributed by atoms with Crippen molar-refractivity contribution >= 4 is 5.78 Å². The summed E-state index contributed by atoms with van der Waals surface area (Å²) in [6, 6.07) is 0. The minimum absolute atomic E-state index is 0.00178. The molecule has 0 heterocycles. The Morgan fingerprint density at radius 3 is 2.50 bits per heavy atom. The van der Waals surface area contributed by atoms with E-state index in [1.165, 1.54) is 5.57 Å². The minimum atomic E-state index is -0.917. The van der Waals surface area contributed by atoms with Gasteiger partial charge in [0.2, 0.25) is 0 Å². The van der Waals surface area contributed by atoms with E-state index in [4.69, 9.17) is 0 Å². The summed E-state index contributed by atoms with van der Waals surface area (Å²) in [5.74, 6) is 0.128. The lowest BCUT2D eigenvalue weighted by Gasteiger charge is -2.50. The van der Waals surface area contributed by atoms with Gasteiger partial charge in [0, 0.05) is 17.9 Å². The van der Waals surface area contributed by atoms with Crippen LogP contribution in [0.15, 0.2) is 23.3 Å². The first-order chi connectivity index (χ1) is 15.8. The molecule has 34 heavy (non-hydrogen) atoms. The van der Waals surface area contributed by atoms with Crippen molar-refractivity contribution in [3.8, 4) is 0 Å². The second-order valence-corrected chi connectivity index (χ2v) is 12.4. The van der Waals surface area contributed by atoms with E-state index >= 15 is 0 Å². The summed E-state index contributed by atoms with van der Waals surface area (Å²) in [5, 5.41) is 42.9. The summed E-state index contributed by atoms with van der Waals surface area (Å²) in [5.41, 5.74) is 0.00509. The van der Waals surface area contributed by atoms with E-state index in [1.54, 1.807) is 6.08 Å². The van der Waals surface area contributed by atoms with E-state index in [-0.39, 0.29) is 30.1 Å². The third kappa shape index (κ3) is 4.83. The summed E-state index contributed by atoms with van der Waals surface area (Å²) in [6.07, 6.45) is 7.85. The van der Waals surface area contributed by atoms with Crippen LogP contribution in [-0.2, 0) is 4.79 Å². The molecular weight excluding hydrogens is 428 g/mol. The van der Waals surface area contributed by atoms with Crippen molar-refractivity contribution in [1.82, 2.24) is 0 Å². The van der Waals surface area contributed by atoms with Crippen LogP contribution in [0.25, 0.3) is 0 Å². The van der Waals surface area contributed by atoms with Gasteiger partial charge in [-0.1, -0.05) is 39.3 Å². The highest BCUT2D eigenvalue weighted by Crippen LogP contribution is 2.60. The molecule has 3 aliphatic rings. The SMILES string of the molecule is CC=C(CCC(C)(O)C1CCC(C2=CC(O)C3CC(O)CCC3(C)C2=O)C1(C)CCO)C(C)C. The van der Waals surface area contributed by atoms with Crippen LogP contribution in [0, 0.1) is 34.5 Å². The Labute approximate surface area is 206 Å². The molecule has 8 unspecified atom stereocenters. The quantitative estimate of drug-likeness (QED) is 0.385. The predicted molar refractivity (Wildman–Crippen MR) is 135 cm³/mol. The van der Waals surface area contributed by atoms with E-state index in [9.17, 15) is 25.2 Å². The summed E-state index contributed by atoms with van der Waals surface area (Å²) in [6.45, 7) is 12.4. The number of rotatable bonds is 8. The summed E-state index contributed by atoms with van der Waals surface area (Å²) in [7, 11) is 0. The molecule has 0 aliphatic heterocycles. The Hall–Kier alpha value is -1.01. The summed E-state index contributed by atoms with van der Waals surface area (Å²) in [4.78, 5) is 13.9. The molecule has 0 aromatic carbocycles. The molecule has 2 saturated carbocycles. The van der Waals surface area contributed by atoms with E-state index in [1.807, 2.05) is 13.8 Å². The first-order valence-corrected chi connectivity index (χ1v) is 13.4. The van der Waals surface area contributed by atoms with Crippen LogP contribution in [0.4, 0.5) is 0 Å². The Bertz CT molecular complexity index is 811. The second-order valence-electron chi connectivity index (χ2n) is 12.4. The zero-order valence-electron chi connectivity index (χ0n) is 22.2. The molecular formula is C29H48O5. The first-order valence-electron chi connectivity index (χ1n) is 13.4. The van der Waals surface area contributed by atoms with Gasteiger partial charge in [-0.05, 0) is 100 Å². The number of carbonyl (C=O) groups excluding carboxylic acids is 1. The number of hydrogen-bond acceptors (Lipinski definition) is 5. The van der Waals surface area contributed by atoms with Crippen molar-refractivity contribution in [2.75, 3.05) is 6.61 Å². The van der Waals surface area contributed by atoms with Crippen molar-refractivity contribution in [1.29, 1.82) is 0 Å². The molecule has 8 atom stereocenters. The Morgan fingerprint density at radius 2 is 1.91 bits per heavy atom. The third-order valence-electron chi connectivity index (χ3n) is 10.0. The maximum atomic E-state index is 13.9. The molecule has 3 rings (SSSR count). The molecule has 3 aliphatic carbocycles. The predicted octanol–water partition coefficient (Wildman–Crippen LogP) is 4.57. The van der Waals surface area contributed by atoms with Gasteiger partial charge in [0.05, 0.1) is 17.8 Å². The largest absolute Gasteiger partial charge is 0.396 e. The van der Waals surface area contributed by atoms with Crippen LogP contribution in [0.1, 0.15) is 92.9 Å². The number of Topliss-reactive ketones (excluding diaryl/α,β-unsaturated/α-hetero) is 1. The van der Waals surface area contributed by atoms with Crippen molar-refractivity contribution in [3.63, 3.8) is 0 Å². The average molecular weight is 477 g/mol. The van der Waals surface area contributed by atoms with E-state index in [2.05, 4.69) is 33.8 Å². The molecule has 0 saturated heterocycles. The number of hydrogen-bond donors (Lipinski definition) is 4. The molecule has 194 valence electrons. The van der Waals surface area contributed by atoms with Crippen LogP contribution in [0.3, 0.4) is 0 Å². The van der Waals surface area contributed by atoms with Crippen LogP contribution >= 0.6 is 0 Å². The van der Waals surface area contributed by atoms with Gasteiger partial charge in [-0.3, -0.25) is 4.79 Å². The van der Waals surface area contributed by atoms with Gasteiger partial charge in [0.25, 0.3) is 0 Å². The van der Waals surface area contributed by atoms with Gasteiger partial charge in [0.15, 0.2) is 5.78 Å². The maximum Gasteiger partial charge on any atom is 0.165 e. The second kappa shape index (κ2) is 10.2. The van der Waals surface area contributed by atoms with Gasteiger partial charge < -0.3 is 20.4 Å². The van der Waals surface area contributed by atoms with Crippen LogP contribution in [-0.4, -0.2) is 50.6 Å². The average Bonchev–Trinajstić information content (AvgIpc) is 3.10. The number of ketones is 1. The van der Waals surface area contributed by atoms with Crippen molar-refractivity contribution < 1.29 is 25.2 Å². The number of carbonyl (C=O) groups is 1. The summed E-state index contributed by atoms with van der Waals surface area (Å²) < 4.78 is 0. The fourth-order valence-electron chi connectivity index (χ4n) is 7.80. The monoisotopic (exact) mass is 476 g/mol. The minimum Gasteiger partial charge on any atom is -0.396 e. The number of fused-ring (bicyclic) bond motifs is 1.